The lowest BCUT2D eigenvalue weighted by Gasteiger charge is -2.26. The number of unbranched alkanes of at least 4 members (excludes halogenated alkanes) is 1. The molecule has 0 aromatic heterocycles. The van der Waals surface area contributed by atoms with Crippen LogP contribution in [0.25, 0.3) is 0 Å². The zero-order chi connectivity index (χ0) is 25.6. The Morgan fingerprint density at radius 1 is 0.818 bits per heavy atom. The lowest BCUT2D eigenvalue weighted by molar-refractivity contribution is -0.138. The van der Waals surface area contributed by atoms with Crippen LogP contribution in [0.4, 0.5) is 0 Å². The molecule has 0 aromatic rings. The summed E-state index contributed by atoms with van der Waals surface area (Å²) in [6, 6.07) is -4.31. The van der Waals surface area contributed by atoms with Crippen LogP contribution >= 0.6 is 0 Å². The molecule has 0 unspecified atom stereocenters. The number of amides is 4. The summed E-state index contributed by atoms with van der Waals surface area (Å²) < 4.78 is 0. The second-order valence-corrected chi connectivity index (χ2v) is 8.18. The number of nitrogens with two attached hydrogens (primary N) is 2. The van der Waals surface area contributed by atoms with Crippen LogP contribution in [-0.2, 0) is 24.0 Å². The molecule has 0 saturated heterocycles. The van der Waals surface area contributed by atoms with Gasteiger partial charge < -0.3 is 42.9 Å². The maximum absolute atomic E-state index is 12.9. The molecule has 0 bridgehead atoms. The van der Waals surface area contributed by atoms with Crippen LogP contribution in [0.15, 0.2) is 0 Å². The molecule has 4 atom stereocenters. The summed E-state index contributed by atoms with van der Waals surface area (Å²) in [5.41, 5.74) is 10.9. The Morgan fingerprint density at radius 2 is 1.36 bits per heavy atom. The molecule has 13 heteroatoms. The van der Waals surface area contributed by atoms with Gasteiger partial charge in [-0.25, -0.2) is 0 Å². The first-order valence-electron chi connectivity index (χ1n) is 10.9. The Balaban J connectivity index is 5.40. The summed E-state index contributed by atoms with van der Waals surface area (Å²) >= 11 is 0. The van der Waals surface area contributed by atoms with E-state index in [2.05, 4.69) is 21.3 Å². The van der Waals surface area contributed by atoms with E-state index in [1.807, 2.05) is 13.8 Å². The Bertz CT molecular complexity index is 671. The average molecular weight is 475 g/mol. The van der Waals surface area contributed by atoms with E-state index in [0.29, 0.717) is 19.4 Å². The Labute approximate surface area is 193 Å². The van der Waals surface area contributed by atoms with E-state index < -0.39 is 66.9 Å². The Kier molecular flexibility index (Phi) is 14.6. The highest BCUT2D eigenvalue weighted by Gasteiger charge is 2.30. The monoisotopic (exact) mass is 474 g/mol. The third-order valence-corrected chi connectivity index (χ3v) is 4.56. The summed E-state index contributed by atoms with van der Waals surface area (Å²) in [5.74, 6) is -4.02. The van der Waals surface area contributed by atoms with Gasteiger partial charge >= 0.3 is 5.97 Å². The topological polar surface area (TPSA) is 226 Å². The van der Waals surface area contributed by atoms with E-state index >= 15 is 0 Å². The minimum atomic E-state index is -1.31. The molecule has 4 amide bonds. The van der Waals surface area contributed by atoms with Gasteiger partial charge in [-0.05, 0) is 45.1 Å². The second kappa shape index (κ2) is 15.9. The van der Waals surface area contributed by atoms with Gasteiger partial charge in [0, 0.05) is 0 Å². The van der Waals surface area contributed by atoms with Crippen molar-refractivity contribution in [2.24, 2.45) is 17.4 Å². The van der Waals surface area contributed by atoms with Crippen molar-refractivity contribution in [3.8, 4) is 0 Å². The van der Waals surface area contributed by atoms with Gasteiger partial charge in [-0.15, -0.1) is 0 Å². The predicted molar refractivity (Wildman–Crippen MR) is 120 cm³/mol. The van der Waals surface area contributed by atoms with Crippen LogP contribution in [0, 0.1) is 5.92 Å². The van der Waals surface area contributed by atoms with Crippen molar-refractivity contribution in [2.45, 2.75) is 70.6 Å². The molecule has 0 rings (SSSR count). The average Bonchev–Trinajstić information content (AvgIpc) is 2.73. The lowest BCUT2D eigenvalue weighted by atomic mass is 10.0. The van der Waals surface area contributed by atoms with Crippen molar-refractivity contribution in [1.82, 2.24) is 21.3 Å². The van der Waals surface area contributed by atoms with Crippen molar-refractivity contribution in [3.63, 3.8) is 0 Å². The van der Waals surface area contributed by atoms with Crippen LogP contribution in [-0.4, -0.2) is 83.7 Å². The molecule has 0 spiro atoms. The molecular formula is C20H38N6O7. The fraction of sp³-hybridized carbons (Fsp3) is 0.750. The van der Waals surface area contributed by atoms with Crippen LogP contribution < -0.4 is 32.7 Å². The maximum Gasteiger partial charge on any atom is 0.322 e. The van der Waals surface area contributed by atoms with Gasteiger partial charge in [0.05, 0.1) is 12.6 Å². The van der Waals surface area contributed by atoms with E-state index in [9.17, 15) is 29.1 Å². The second-order valence-electron chi connectivity index (χ2n) is 8.18. The zero-order valence-corrected chi connectivity index (χ0v) is 19.4. The van der Waals surface area contributed by atoms with Crippen molar-refractivity contribution in [1.29, 1.82) is 0 Å². The lowest BCUT2D eigenvalue weighted by Crippen LogP contribution is -2.58. The van der Waals surface area contributed by atoms with E-state index in [4.69, 9.17) is 16.6 Å². The largest absolute Gasteiger partial charge is 0.480 e. The van der Waals surface area contributed by atoms with Crippen molar-refractivity contribution < 1.29 is 34.2 Å². The van der Waals surface area contributed by atoms with E-state index in [1.54, 1.807) is 0 Å². The fourth-order valence-corrected chi connectivity index (χ4v) is 2.79. The van der Waals surface area contributed by atoms with Gasteiger partial charge in [0.15, 0.2) is 0 Å². The molecule has 0 fully saturated rings. The molecule has 0 aliphatic heterocycles. The molecule has 0 saturated carbocycles. The predicted octanol–water partition coefficient (Wildman–Crippen LogP) is -2.84. The van der Waals surface area contributed by atoms with Crippen LogP contribution in [0.5, 0.6) is 0 Å². The summed E-state index contributed by atoms with van der Waals surface area (Å²) in [4.78, 5) is 60.4. The van der Waals surface area contributed by atoms with Crippen molar-refractivity contribution >= 4 is 29.6 Å². The molecule has 0 aliphatic carbocycles. The Morgan fingerprint density at radius 3 is 1.85 bits per heavy atom. The van der Waals surface area contributed by atoms with Crippen LogP contribution in [0.3, 0.4) is 0 Å². The molecule has 190 valence electrons. The molecule has 13 nitrogen and oxygen atoms in total. The highest BCUT2D eigenvalue weighted by Crippen LogP contribution is 2.08. The van der Waals surface area contributed by atoms with Gasteiger partial charge in [-0.1, -0.05) is 13.8 Å². The fourth-order valence-electron chi connectivity index (χ4n) is 2.79. The molecule has 10 N–H and O–H groups in total. The number of nitrogens with one attached hydrogen (secondary N) is 4. The van der Waals surface area contributed by atoms with Gasteiger partial charge in [0.1, 0.15) is 24.7 Å². The third kappa shape index (κ3) is 12.7. The molecule has 0 aliphatic rings. The summed E-state index contributed by atoms with van der Waals surface area (Å²) in [5, 5.41) is 27.8. The van der Waals surface area contributed by atoms with Crippen LogP contribution in [0.2, 0.25) is 0 Å². The molecule has 33 heavy (non-hydrogen) atoms. The van der Waals surface area contributed by atoms with Crippen molar-refractivity contribution in [2.75, 3.05) is 19.7 Å². The number of carbonyl (C=O) groups excluding carboxylic acids is 4. The minimum Gasteiger partial charge on any atom is -0.480 e. The molecular weight excluding hydrogens is 436 g/mol. The van der Waals surface area contributed by atoms with Gasteiger partial charge in [-0.2, -0.15) is 0 Å². The maximum atomic E-state index is 12.9. The first kappa shape index (κ1) is 30.2. The van der Waals surface area contributed by atoms with Gasteiger partial charge in [0.25, 0.3) is 0 Å². The minimum absolute atomic E-state index is 0.0243. The van der Waals surface area contributed by atoms with Gasteiger partial charge in [-0.3, -0.25) is 24.0 Å². The summed E-state index contributed by atoms with van der Waals surface area (Å²) in [6.07, 6.45) is 1.55. The number of hydrogen-bond donors (Lipinski definition) is 8. The number of rotatable bonds is 16. The standard InChI is InChI=1S/C20H38N6O7/c1-11(2)8-14(25-20(33)15(10-27)26-17(30)12(3)22)19(32)24-13(6-4-5-7-21)18(31)23-9-16(28)29/h11-15,27H,4-10,21-22H2,1-3H3,(H,23,31)(H,24,32)(H,25,33)(H,26,30)(H,28,29)/t12-,13-,14-,15-/m0/s1. The van der Waals surface area contributed by atoms with Crippen LogP contribution in [0.1, 0.15) is 46.5 Å². The number of carboxylic acids is 1. The third-order valence-electron chi connectivity index (χ3n) is 4.56. The quantitative estimate of drug-likeness (QED) is 0.108. The Hall–Kier alpha value is -2.77. The number of carboxylic acid groups (broad SMARTS) is 1. The smallest absolute Gasteiger partial charge is 0.322 e. The number of aliphatic hydroxyl groups excluding tert-OH is 1. The zero-order valence-electron chi connectivity index (χ0n) is 19.4. The van der Waals surface area contributed by atoms with E-state index in [1.165, 1.54) is 6.92 Å². The number of carbonyl (C=O) groups is 5. The molecule has 0 heterocycles. The summed E-state index contributed by atoms with van der Waals surface area (Å²) in [7, 11) is 0. The first-order chi connectivity index (χ1) is 15.4. The van der Waals surface area contributed by atoms with E-state index in [0.717, 1.165) is 0 Å². The number of hydrogen-bond acceptors (Lipinski definition) is 8. The normalized spacial score (nSPS) is 14.5. The van der Waals surface area contributed by atoms with Gasteiger partial charge in [0.2, 0.25) is 23.6 Å². The van der Waals surface area contributed by atoms with E-state index in [-0.39, 0.29) is 18.8 Å². The van der Waals surface area contributed by atoms with Crippen molar-refractivity contribution in [3.05, 3.63) is 0 Å². The molecule has 0 aromatic carbocycles. The SMILES string of the molecule is CC(C)C[C@H](NC(=O)[C@H](CO)NC(=O)[C@H](C)N)C(=O)N[C@@H](CCCCN)C(=O)NCC(=O)O. The highest BCUT2D eigenvalue weighted by atomic mass is 16.4. The molecule has 0 radical (unpaired) electrons. The number of aliphatic hydroxyl groups is 1. The number of aliphatic carboxylic acids is 1. The highest BCUT2D eigenvalue weighted by molar-refractivity contribution is 5.95. The summed E-state index contributed by atoms with van der Waals surface area (Å²) in [6.45, 7) is 4.14. The first-order valence-corrected chi connectivity index (χ1v) is 10.9.